The van der Waals surface area contributed by atoms with Crippen LogP contribution in [0.2, 0.25) is 0 Å². The average molecular weight is 338 g/mol. The molecule has 5 nitrogen and oxygen atoms in total. The van der Waals surface area contributed by atoms with Crippen molar-refractivity contribution < 1.29 is 9.60 Å². The molecule has 1 aromatic carbocycles. The number of hydrogen-bond donors (Lipinski definition) is 1. The molecule has 0 spiro atoms. The molecule has 128 valence electrons. The SMILES string of the molecule is C/C(=N/O)c1cnc2ccc(N3CCCC3c3cccc(F)c3)cn12. The monoisotopic (exact) mass is 338 g/mol. The fraction of sp³-hybridized carbons (Fsp3) is 0.263. The molecular weight excluding hydrogens is 319 g/mol. The van der Waals surface area contributed by atoms with Gasteiger partial charge in [-0.15, -0.1) is 0 Å². The van der Waals surface area contributed by atoms with Gasteiger partial charge in [0.2, 0.25) is 0 Å². The Morgan fingerprint density at radius 3 is 3.00 bits per heavy atom. The Balaban J connectivity index is 1.75. The lowest BCUT2D eigenvalue weighted by Gasteiger charge is -2.27. The molecule has 1 aliphatic heterocycles. The number of oxime groups is 1. The van der Waals surface area contributed by atoms with Gasteiger partial charge in [-0.05, 0) is 49.6 Å². The van der Waals surface area contributed by atoms with Gasteiger partial charge in [0, 0.05) is 12.7 Å². The predicted molar refractivity (Wildman–Crippen MR) is 94.9 cm³/mol. The van der Waals surface area contributed by atoms with E-state index >= 15 is 0 Å². The van der Waals surface area contributed by atoms with Crippen LogP contribution in [0.25, 0.3) is 5.65 Å². The number of nitrogens with zero attached hydrogens (tertiary/aromatic N) is 4. The first kappa shape index (κ1) is 15.6. The topological polar surface area (TPSA) is 53.1 Å². The summed E-state index contributed by atoms with van der Waals surface area (Å²) in [6, 6.07) is 11.0. The summed E-state index contributed by atoms with van der Waals surface area (Å²) in [7, 11) is 0. The van der Waals surface area contributed by atoms with Crippen molar-refractivity contribution in [2.24, 2.45) is 5.16 Å². The second kappa shape index (κ2) is 6.20. The third kappa shape index (κ3) is 2.73. The molecule has 1 aliphatic rings. The first-order valence-corrected chi connectivity index (χ1v) is 8.35. The van der Waals surface area contributed by atoms with E-state index in [1.54, 1.807) is 25.3 Å². The lowest BCUT2D eigenvalue weighted by molar-refractivity contribution is 0.319. The lowest BCUT2D eigenvalue weighted by atomic mass is 10.0. The van der Waals surface area contributed by atoms with Crippen molar-refractivity contribution >= 4 is 17.0 Å². The quantitative estimate of drug-likeness (QED) is 0.446. The van der Waals surface area contributed by atoms with Crippen molar-refractivity contribution in [3.63, 3.8) is 0 Å². The highest BCUT2D eigenvalue weighted by Gasteiger charge is 2.27. The number of benzene rings is 1. The molecule has 1 atom stereocenters. The summed E-state index contributed by atoms with van der Waals surface area (Å²) in [5, 5.41) is 12.3. The molecule has 0 aliphatic carbocycles. The highest BCUT2D eigenvalue weighted by atomic mass is 19.1. The van der Waals surface area contributed by atoms with E-state index in [1.165, 1.54) is 6.07 Å². The van der Waals surface area contributed by atoms with Crippen molar-refractivity contribution in [1.29, 1.82) is 0 Å². The number of rotatable bonds is 3. The van der Waals surface area contributed by atoms with E-state index in [1.807, 2.05) is 28.8 Å². The fourth-order valence-electron chi connectivity index (χ4n) is 3.59. The molecule has 2 aromatic heterocycles. The van der Waals surface area contributed by atoms with E-state index in [4.69, 9.17) is 5.21 Å². The molecule has 25 heavy (non-hydrogen) atoms. The summed E-state index contributed by atoms with van der Waals surface area (Å²) in [4.78, 5) is 6.64. The Kier molecular flexibility index (Phi) is 3.87. The maximum atomic E-state index is 13.6. The van der Waals surface area contributed by atoms with Gasteiger partial charge in [0.05, 0.1) is 23.6 Å². The smallest absolute Gasteiger partial charge is 0.137 e. The van der Waals surface area contributed by atoms with Crippen LogP contribution in [0.1, 0.15) is 37.1 Å². The van der Waals surface area contributed by atoms with Crippen molar-refractivity contribution in [2.45, 2.75) is 25.8 Å². The summed E-state index contributed by atoms with van der Waals surface area (Å²) in [5.41, 5.74) is 4.10. The maximum Gasteiger partial charge on any atom is 0.137 e. The van der Waals surface area contributed by atoms with Crippen molar-refractivity contribution in [3.05, 3.63) is 65.9 Å². The summed E-state index contributed by atoms with van der Waals surface area (Å²) in [6.45, 7) is 2.66. The van der Waals surface area contributed by atoms with Crippen LogP contribution in [0.15, 0.2) is 53.9 Å². The van der Waals surface area contributed by atoms with E-state index < -0.39 is 0 Å². The Bertz CT molecular complexity index is 950. The minimum atomic E-state index is -0.202. The molecule has 0 radical (unpaired) electrons. The first-order valence-electron chi connectivity index (χ1n) is 8.35. The third-order valence-corrected chi connectivity index (χ3v) is 4.83. The van der Waals surface area contributed by atoms with Gasteiger partial charge in [0.25, 0.3) is 0 Å². The van der Waals surface area contributed by atoms with Crippen molar-refractivity contribution in [3.8, 4) is 0 Å². The molecule has 1 saturated heterocycles. The number of pyridine rings is 1. The van der Waals surface area contributed by atoms with Gasteiger partial charge in [-0.3, -0.25) is 4.40 Å². The number of anilines is 1. The van der Waals surface area contributed by atoms with Crippen LogP contribution in [0.4, 0.5) is 10.1 Å². The molecule has 0 bridgehead atoms. The molecule has 1 unspecified atom stereocenters. The van der Waals surface area contributed by atoms with Crippen LogP contribution in [0.5, 0.6) is 0 Å². The second-order valence-electron chi connectivity index (χ2n) is 6.35. The molecule has 1 fully saturated rings. The fourth-order valence-corrected chi connectivity index (χ4v) is 3.59. The largest absolute Gasteiger partial charge is 0.411 e. The van der Waals surface area contributed by atoms with Crippen LogP contribution in [-0.4, -0.2) is 26.8 Å². The highest BCUT2D eigenvalue weighted by molar-refractivity contribution is 5.97. The van der Waals surface area contributed by atoms with Crippen molar-refractivity contribution in [1.82, 2.24) is 9.38 Å². The van der Waals surface area contributed by atoms with E-state index in [9.17, 15) is 4.39 Å². The predicted octanol–water partition coefficient (Wildman–Crippen LogP) is 4.01. The number of aromatic nitrogens is 2. The molecule has 3 aromatic rings. The average Bonchev–Trinajstić information content (AvgIpc) is 3.27. The zero-order valence-electron chi connectivity index (χ0n) is 13.9. The van der Waals surface area contributed by atoms with Gasteiger partial charge in [-0.2, -0.15) is 0 Å². The van der Waals surface area contributed by atoms with E-state index in [-0.39, 0.29) is 11.9 Å². The molecule has 0 saturated carbocycles. The normalized spacial score (nSPS) is 18.2. The van der Waals surface area contributed by atoms with Crippen LogP contribution in [-0.2, 0) is 0 Å². The van der Waals surface area contributed by atoms with Crippen LogP contribution >= 0.6 is 0 Å². The zero-order valence-corrected chi connectivity index (χ0v) is 13.9. The second-order valence-corrected chi connectivity index (χ2v) is 6.35. The van der Waals surface area contributed by atoms with E-state index in [0.29, 0.717) is 5.71 Å². The summed E-state index contributed by atoms with van der Waals surface area (Å²) in [6.07, 6.45) is 5.76. The van der Waals surface area contributed by atoms with Gasteiger partial charge in [0.1, 0.15) is 17.2 Å². The molecule has 1 N–H and O–H groups in total. The molecule has 3 heterocycles. The van der Waals surface area contributed by atoms with Gasteiger partial charge in [-0.25, -0.2) is 9.37 Å². The maximum absolute atomic E-state index is 13.6. The van der Waals surface area contributed by atoms with Gasteiger partial charge < -0.3 is 10.1 Å². The zero-order chi connectivity index (χ0) is 17.4. The van der Waals surface area contributed by atoms with E-state index in [2.05, 4.69) is 15.0 Å². The Labute approximate surface area is 145 Å². The molecule has 4 rings (SSSR count). The van der Waals surface area contributed by atoms with Crippen LogP contribution in [0, 0.1) is 5.82 Å². The van der Waals surface area contributed by atoms with Gasteiger partial charge in [0.15, 0.2) is 0 Å². The molecule has 6 heteroatoms. The number of fused-ring (bicyclic) bond motifs is 1. The van der Waals surface area contributed by atoms with Crippen LogP contribution in [0.3, 0.4) is 0 Å². The van der Waals surface area contributed by atoms with E-state index in [0.717, 1.165) is 42.0 Å². The standard InChI is InChI=1S/C19H19FN4O/c1-13(22-25)18-11-21-19-8-7-16(12-24(18)19)23-9-3-6-17(23)14-4-2-5-15(20)10-14/h2,4-5,7-8,10-12,17,25H,3,6,9H2,1H3/b22-13-. The lowest BCUT2D eigenvalue weighted by Crippen LogP contribution is -2.23. The van der Waals surface area contributed by atoms with Gasteiger partial charge >= 0.3 is 0 Å². The Hall–Kier alpha value is -2.89. The third-order valence-electron chi connectivity index (χ3n) is 4.83. The number of hydrogen-bond acceptors (Lipinski definition) is 4. The van der Waals surface area contributed by atoms with Crippen LogP contribution < -0.4 is 4.90 Å². The number of imidazole rings is 1. The minimum absolute atomic E-state index is 0.160. The summed E-state index contributed by atoms with van der Waals surface area (Å²) < 4.78 is 15.6. The first-order chi connectivity index (χ1) is 12.2. The Morgan fingerprint density at radius 1 is 1.32 bits per heavy atom. The molecule has 0 amide bonds. The minimum Gasteiger partial charge on any atom is -0.411 e. The summed E-state index contributed by atoms with van der Waals surface area (Å²) in [5.74, 6) is -0.202. The number of halogens is 1. The highest BCUT2D eigenvalue weighted by Crippen LogP contribution is 2.36. The summed E-state index contributed by atoms with van der Waals surface area (Å²) >= 11 is 0. The Morgan fingerprint density at radius 2 is 2.20 bits per heavy atom. The van der Waals surface area contributed by atoms with Crippen molar-refractivity contribution in [2.75, 3.05) is 11.4 Å². The van der Waals surface area contributed by atoms with Gasteiger partial charge in [-0.1, -0.05) is 17.3 Å². The molecular formula is C19H19FN4O.